The molecule has 0 bridgehead atoms. The molecule has 0 amide bonds. The molecule has 0 spiro atoms. The van der Waals surface area contributed by atoms with E-state index in [1.165, 1.54) is 38.5 Å². The molecule has 1 unspecified atom stereocenters. The molecule has 4 aliphatic rings. The molecular formula is C20H34O2. The highest BCUT2D eigenvalue weighted by atomic mass is 16.3. The van der Waals surface area contributed by atoms with Crippen LogP contribution < -0.4 is 0 Å². The van der Waals surface area contributed by atoms with Gasteiger partial charge in [-0.15, -0.1) is 0 Å². The summed E-state index contributed by atoms with van der Waals surface area (Å²) in [7, 11) is 0. The smallest absolute Gasteiger partial charge is 0.0675 e. The first-order valence-corrected chi connectivity index (χ1v) is 9.68. The molecule has 0 heterocycles. The van der Waals surface area contributed by atoms with Crippen molar-refractivity contribution in [1.82, 2.24) is 0 Å². The molecule has 0 aromatic carbocycles. The average Bonchev–Trinajstić information content (AvgIpc) is 2.70. The van der Waals surface area contributed by atoms with E-state index in [0.717, 1.165) is 42.9 Å². The van der Waals surface area contributed by atoms with Crippen LogP contribution in [0, 0.1) is 34.5 Å². The van der Waals surface area contributed by atoms with E-state index in [9.17, 15) is 10.2 Å². The lowest BCUT2D eigenvalue weighted by Gasteiger charge is -2.61. The summed E-state index contributed by atoms with van der Waals surface area (Å²) in [6.45, 7) is 7.01. The predicted octanol–water partition coefficient (Wildman–Crippen LogP) is 4.14. The first kappa shape index (κ1) is 15.4. The molecule has 8 atom stereocenters. The monoisotopic (exact) mass is 306 g/mol. The molecule has 4 fully saturated rings. The molecule has 4 rings (SSSR count). The summed E-state index contributed by atoms with van der Waals surface area (Å²) in [6, 6.07) is 0. The van der Waals surface area contributed by atoms with Crippen LogP contribution in [-0.4, -0.2) is 21.9 Å². The topological polar surface area (TPSA) is 40.5 Å². The van der Waals surface area contributed by atoms with Crippen LogP contribution >= 0.6 is 0 Å². The van der Waals surface area contributed by atoms with Crippen molar-refractivity contribution < 1.29 is 10.2 Å². The van der Waals surface area contributed by atoms with Crippen molar-refractivity contribution >= 4 is 0 Å². The summed E-state index contributed by atoms with van der Waals surface area (Å²) in [5.74, 6) is 3.13. The fraction of sp³-hybridized carbons (Fsp3) is 1.00. The van der Waals surface area contributed by atoms with Crippen LogP contribution in [0.4, 0.5) is 0 Å². The maximum Gasteiger partial charge on any atom is 0.0675 e. The van der Waals surface area contributed by atoms with Gasteiger partial charge < -0.3 is 10.2 Å². The first-order chi connectivity index (χ1) is 10.3. The Balaban J connectivity index is 1.64. The molecule has 2 heteroatoms. The summed E-state index contributed by atoms with van der Waals surface area (Å²) < 4.78 is 0. The largest absolute Gasteiger partial charge is 0.393 e. The number of hydrogen-bond donors (Lipinski definition) is 2. The Hall–Kier alpha value is -0.0800. The second-order valence-electron chi connectivity index (χ2n) is 9.85. The first-order valence-electron chi connectivity index (χ1n) is 9.68. The molecule has 0 aromatic rings. The normalized spacial score (nSPS) is 61.2. The second-order valence-corrected chi connectivity index (χ2v) is 9.85. The second kappa shape index (κ2) is 4.72. The summed E-state index contributed by atoms with van der Waals surface area (Å²) in [4.78, 5) is 0. The third kappa shape index (κ3) is 1.86. The van der Waals surface area contributed by atoms with Gasteiger partial charge in [0.25, 0.3) is 0 Å². The third-order valence-electron chi connectivity index (χ3n) is 9.20. The van der Waals surface area contributed by atoms with Crippen LogP contribution in [0.15, 0.2) is 0 Å². The van der Waals surface area contributed by atoms with Crippen LogP contribution in [0.5, 0.6) is 0 Å². The van der Waals surface area contributed by atoms with Gasteiger partial charge in [-0.05, 0) is 99.2 Å². The van der Waals surface area contributed by atoms with Crippen molar-refractivity contribution in [3.8, 4) is 0 Å². The van der Waals surface area contributed by atoms with Gasteiger partial charge in [0.15, 0.2) is 0 Å². The van der Waals surface area contributed by atoms with E-state index in [1.54, 1.807) is 0 Å². The number of hydrogen-bond acceptors (Lipinski definition) is 2. The van der Waals surface area contributed by atoms with Gasteiger partial charge in [-0.2, -0.15) is 0 Å². The van der Waals surface area contributed by atoms with Crippen molar-refractivity contribution in [1.29, 1.82) is 0 Å². The zero-order chi connectivity index (χ0) is 15.8. The van der Waals surface area contributed by atoms with Crippen LogP contribution in [0.2, 0.25) is 0 Å². The van der Waals surface area contributed by atoms with Gasteiger partial charge in [0.1, 0.15) is 0 Å². The highest BCUT2D eigenvalue weighted by molar-refractivity contribution is 5.12. The van der Waals surface area contributed by atoms with Gasteiger partial charge in [-0.3, -0.25) is 0 Å². The molecule has 2 nitrogen and oxygen atoms in total. The Morgan fingerprint density at radius 2 is 1.55 bits per heavy atom. The quantitative estimate of drug-likeness (QED) is 0.706. The maximum atomic E-state index is 10.9. The van der Waals surface area contributed by atoms with Crippen molar-refractivity contribution in [2.45, 2.75) is 90.3 Å². The van der Waals surface area contributed by atoms with E-state index in [4.69, 9.17) is 0 Å². The van der Waals surface area contributed by atoms with E-state index >= 15 is 0 Å². The fourth-order valence-electron chi connectivity index (χ4n) is 7.48. The van der Waals surface area contributed by atoms with Crippen LogP contribution in [0.1, 0.15) is 78.6 Å². The van der Waals surface area contributed by atoms with Crippen molar-refractivity contribution in [2.24, 2.45) is 34.5 Å². The standard InChI is InChI=1S/C20H34O2/c1-18-9-6-14(21)12-13(18)4-5-15-16(18)7-10-19(2)17(15)8-11-20(19,3)22/h13-17,21-22H,4-12H2,1-3H3/t13-,14?,15+,16-,17-,18-,19-,20+/m0/s1. The zero-order valence-electron chi connectivity index (χ0n) is 14.6. The minimum absolute atomic E-state index is 0.0457. The van der Waals surface area contributed by atoms with Crippen molar-refractivity contribution in [3.63, 3.8) is 0 Å². The molecular weight excluding hydrogens is 272 g/mol. The zero-order valence-corrected chi connectivity index (χ0v) is 14.6. The minimum Gasteiger partial charge on any atom is -0.393 e. The van der Waals surface area contributed by atoms with Gasteiger partial charge in [0.2, 0.25) is 0 Å². The molecule has 0 radical (unpaired) electrons. The number of fused-ring (bicyclic) bond motifs is 5. The lowest BCUT2D eigenvalue weighted by atomic mass is 9.44. The van der Waals surface area contributed by atoms with Crippen LogP contribution in [0.25, 0.3) is 0 Å². The molecule has 4 aliphatic carbocycles. The molecule has 0 aliphatic heterocycles. The lowest BCUT2D eigenvalue weighted by molar-refractivity contribution is -0.153. The average molecular weight is 306 g/mol. The predicted molar refractivity (Wildman–Crippen MR) is 88.4 cm³/mol. The fourth-order valence-corrected chi connectivity index (χ4v) is 7.48. The summed E-state index contributed by atoms with van der Waals surface area (Å²) in [6.07, 6.45) is 10.6. The van der Waals surface area contributed by atoms with E-state index in [1.807, 2.05) is 0 Å². The molecule has 0 saturated heterocycles. The van der Waals surface area contributed by atoms with Gasteiger partial charge >= 0.3 is 0 Å². The molecule has 2 N–H and O–H groups in total. The van der Waals surface area contributed by atoms with E-state index in [0.29, 0.717) is 5.41 Å². The third-order valence-corrected chi connectivity index (χ3v) is 9.20. The Kier molecular flexibility index (Phi) is 3.32. The Morgan fingerprint density at radius 3 is 2.32 bits per heavy atom. The number of aliphatic hydroxyl groups is 2. The van der Waals surface area contributed by atoms with Crippen LogP contribution in [0.3, 0.4) is 0 Å². The van der Waals surface area contributed by atoms with Gasteiger partial charge in [0.05, 0.1) is 11.7 Å². The highest BCUT2D eigenvalue weighted by Gasteiger charge is 2.63. The Morgan fingerprint density at radius 1 is 0.818 bits per heavy atom. The molecule has 126 valence electrons. The van der Waals surface area contributed by atoms with Crippen molar-refractivity contribution in [3.05, 3.63) is 0 Å². The van der Waals surface area contributed by atoms with E-state index in [-0.39, 0.29) is 11.5 Å². The molecule has 22 heavy (non-hydrogen) atoms. The highest BCUT2D eigenvalue weighted by Crippen LogP contribution is 2.68. The van der Waals surface area contributed by atoms with Crippen molar-refractivity contribution in [2.75, 3.05) is 0 Å². The summed E-state index contributed by atoms with van der Waals surface area (Å²) in [5, 5.41) is 21.0. The summed E-state index contributed by atoms with van der Waals surface area (Å²) >= 11 is 0. The number of rotatable bonds is 0. The van der Waals surface area contributed by atoms with E-state index < -0.39 is 5.60 Å². The molecule has 0 aromatic heterocycles. The SMILES string of the molecule is C[C@]12CCC(O)C[C@@H]1CC[C@@H]1[C@@H]2CC[C@@]2(C)[C@H]1CC[C@@]2(C)O. The number of aliphatic hydroxyl groups excluding tert-OH is 1. The van der Waals surface area contributed by atoms with Gasteiger partial charge in [-0.1, -0.05) is 13.8 Å². The van der Waals surface area contributed by atoms with E-state index in [2.05, 4.69) is 20.8 Å². The van der Waals surface area contributed by atoms with Crippen LogP contribution in [-0.2, 0) is 0 Å². The van der Waals surface area contributed by atoms with Gasteiger partial charge in [0, 0.05) is 0 Å². The minimum atomic E-state index is -0.455. The summed E-state index contributed by atoms with van der Waals surface area (Å²) in [5.41, 5.74) is 0.145. The maximum absolute atomic E-state index is 10.9. The Labute approximate surface area is 135 Å². The van der Waals surface area contributed by atoms with Gasteiger partial charge in [-0.25, -0.2) is 0 Å². The lowest BCUT2D eigenvalue weighted by Crippen LogP contribution is -2.56. The molecule has 4 saturated carbocycles. The Bertz CT molecular complexity index is 459.